The summed E-state index contributed by atoms with van der Waals surface area (Å²) < 4.78 is 5.66. The molecule has 0 aromatic carbocycles. The zero-order valence-electron chi connectivity index (χ0n) is 9.24. The van der Waals surface area contributed by atoms with Crippen molar-refractivity contribution < 1.29 is 4.74 Å². The summed E-state index contributed by atoms with van der Waals surface area (Å²) in [4.78, 5) is 17.7. The lowest BCUT2D eigenvalue weighted by atomic mass is 10.3. The Balaban J connectivity index is 1.68. The van der Waals surface area contributed by atoms with Crippen molar-refractivity contribution in [1.29, 1.82) is 0 Å². The predicted octanol–water partition coefficient (Wildman–Crippen LogP) is 1.14. The Labute approximate surface area is 94.2 Å². The normalized spacial score (nSPS) is 16.5. The molecule has 0 amide bonds. The van der Waals surface area contributed by atoms with Gasteiger partial charge in [0.05, 0.1) is 12.7 Å². The van der Waals surface area contributed by atoms with Crippen LogP contribution in [0.4, 0.5) is 5.82 Å². The molecule has 0 aliphatic heterocycles. The number of nitrogens with one attached hydrogen (secondary N) is 2. The van der Waals surface area contributed by atoms with Crippen LogP contribution in [0.15, 0.2) is 17.2 Å². The summed E-state index contributed by atoms with van der Waals surface area (Å²) in [5.41, 5.74) is -0.191. The van der Waals surface area contributed by atoms with E-state index in [1.165, 1.54) is 31.9 Å². The molecule has 0 radical (unpaired) electrons. The van der Waals surface area contributed by atoms with Crippen molar-refractivity contribution in [2.75, 3.05) is 18.5 Å². The molecule has 1 fully saturated rings. The molecule has 2 rings (SSSR count). The minimum absolute atomic E-state index is 0.191. The first-order valence-electron chi connectivity index (χ1n) is 5.75. The van der Waals surface area contributed by atoms with Gasteiger partial charge in [-0.2, -0.15) is 0 Å². The van der Waals surface area contributed by atoms with Crippen LogP contribution in [-0.2, 0) is 4.74 Å². The van der Waals surface area contributed by atoms with Gasteiger partial charge in [-0.3, -0.25) is 4.79 Å². The molecule has 1 heterocycles. The number of nitrogens with zero attached hydrogens (tertiary/aromatic N) is 1. The number of rotatable bonds is 5. The number of aromatic nitrogens is 2. The Morgan fingerprint density at radius 2 is 2.31 bits per heavy atom. The van der Waals surface area contributed by atoms with Gasteiger partial charge in [-0.05, 0) is 12.8 Å². The Hall–Kier alpha value is -1.36. The van der Waals surface area contributed by atoms with Crippen LogP contribution in [0.2, 0.25) is 0 Å². The highest BCUT2D eigenvalue weighted by Gasteiger charge is 2.14. The highest BCUT2D eigenvalue weighted by atomic mass is 16.5. The second-order valence-corrected chi connectivity index (χ2v) is 3.97. The molecule has 1 aromatic heterocycles. The fourth-order valence-electron chi connectivity index (χ4n) is 1.93. The molecular formula is C11H17N3O2. The minimum atomic E-state index is -0.191. The lowest BCUT2D eigenvalue weighted by Crippen LogP contribution is -2.20. The molecule has 0 atom stereocenters. The standard InChI is InChI=1S/C11H17N3O2/c15-11-10(12-5-6-14-11)13-7-8-16-9-3-1-2-4-9/h5-6,9H,1-4,7-8H2,(H,12,13)(H,14,15). The van der Waals surface area contributed by atoms with Crippen molar-refractivity contribution in [2.45, 2.75) is 31.8 Å². The third-order valence-corrected chi connectivity index (χ3v) is 2.76. The third kappa shape index (κ3) is 3.06. The molecule has 5 nitrogen and oxygen atoms in total. The molecule has 1 saturated carbocycles. The van der Waals surface area contributed by atoms with Crippen molar-refractivity contribution in [3.8, 4) is 0 Å². The molecule has 0 unspecified atom stereocenters. The van der Waals surface area contributed by atoms with E-state index in [1.54, 1.807) is 6.20 Å². The maximum Gasteiger partial charge on any atom is 0.290 e. The monoisotopic (exact) mass is 223 g/mol. The van der Waals surface area contributed by atoms with Gasteiger partial charge in [0.25, 0.3) is 5.56 Å². The van der Waals surface area contributed by atoms with Gasteiger partial charge in [0.2, 0.25) is 0 Å². The van der Waals surface area contributed by atoms with Crippen LogP contribution in [0.25, 0.3) is 0 Å². The number of aromatic amines is 1. The average molecular weight is 223 g/mol. The molecule has 1 aliphatic rings. The minimum Gasteiger partial charge on any atom is -0.376 e. The maximum atomic E-state index is 11.2. The largest absolute Gasteiger partial charge is 0.376 e. The highest BCUT2D eigenvalue weighted by Crippen LogP contribution is 2.20. The molecule has 0 saturated heterocycles. The van der Waals surface area contributed by atoms with E-state index in [4.69, 9.17) is 4.74 Å². The second-order valence-electron chi connectivity index (χ2n) is 3.97. The Morgan fingerprint density at radius 1 is 1.50 bits per heavy atom. The van der Waals surface area contributed by atoms with E-state index < -0.39 is 0 Å². The van der Waals surface area contributed by atoms with Crippen molar-refractivity contribution in [1.82, 2.24) is 9.97 Å². The summed E-state index contributed by atoms with van der Waals surface area (Å²) >= 11 is 0. The summed E-state index contributed by atoms with van der Waals surface area (Å²) in [5, 5.41) is 2.96. The van der Waals surface area contributed by atoms with E-state index in [0.717, 1.165) is 0 Å². The quantitative estimate of drug-likeness (QED) is 0.735. The van der Waals surface area contributed by atoms with E-state index in [2.05, 4.69) is 15.3 Å². The van der Waals surface area contributed by atoms with Gasteiger partial charge in [0, 0.05) is 18.9 Å². The molecule has 0 spiro atoms. The van der Waals surface area contributed by atoms with Crippen LogP contribution >= 0.6 is 0 Å². The van der Waals surface area contributed by atoms with Crippen molar-refractivity contribution in [2.24, 2.45) is 0 Å². The number of hydrogen-bond acceptors (Lipinski definition) is 4. The molecule has 1 aromatic rings. The first kappa shape index (κ1) is 11.1. The first-order chi connectivity index (χ1) is 7.86. The van der Waals surface area contributed by atoms with Crippen LogP contribution in [0, 0.1) is 0 Å². The Bertz CT molecular complexity index is 371. The van der Waals surface area contributed by atoms with Crippen molar-refractivity contribution in [3.63, 3.8) is 0 Å². The zero-order valence-corrected chi connectivity index (χ0v) is 9.24. The second kappa shape index (κ2) is 5.65. The lowest BCUT2D eigenvalue weighted by molar-refractivity contribution is 0.0658. The number of hydrogen-bond donors (Lipinski definition) is 2. The smallest absolute Gasteiger partial charge is 0.290 e. The van der Waals surface area contributed by atoms with E-state index in [9.17, 15) is 4.79 Å². The SMILES string of the molecule is O=c1[nH]ccnc1NCCOC1CCCC1. The van der Waals surface area contributed by atoms with Crippen LogP contribution < -0.4 is 10.9 Å². The summed E-state index contributed by atoms with van der Waals surface area (Å²) in [7, 11) is 0. The van der Waals surface area contributed by atoms with Gasteiger partial charge < -0.3 is 15.0 Å². The molecule has 0 bridgehead atoms. The lowest BCUT2D eigenvalue weighted by Gasteiger charge is -2.11. The van der Waals surface area contributed by atoms with E-state index in [-0.39, 0.29) is 5.56 Å². The van der Waals surface area contributed by atoms with E-state index in [0.29, 0.717) is 25.1 Å². The number of ether oxygens (including phenoxy) is 1. The topological polar surface area (TPSA) is 67.0 Å². The maximum absolute atomic E-state index is 11.2. The van der Waals surface area contributed by atoms with Crippen molar-refractivity contribution >= 4 is 5.82 Å². The van der Waals surface area contributed by atoms with Gasteiger partial charge in [-0.15, -0.1) is 0 Å². The number of anilines is 1. The summed E-state index contributed by atoms with van der Waals surface area (Å²) in [5.74, 6) is 0.359. The average Bonchev–Trinajstić information content (AvgIpc) is 2.79. The molecule has 88 valence electrons. The van der Waals surface area contributed by atoms with Gasteiger partial charge in [-0.25, -0.2) is 4.98 Å². The molecule has 16 heavy (non-hydrogen) atoms. The molecule has 1 aliphatic carbocycles. The Kier molecular flexibility index (Phi) is 3.93. The van der Waals surface area contributed by atoms with Crippen LogP contribution in [0.5, 0.6) is 0 Å². The van der Waals surface area contributed by atoms with Crippen LogP contribution in [0.3, 0.4) is 0 Å². The summed E-state index contributed by atoms with van der Waals surface area (Å²) in [6, 6.07) is 0. The molecule has 5 heteroatoms. The molecular weight excluding hydrogens is 206 g/mol. The van der Waals surface area contributed by atoms with Gasteiger partial charge in [0.15, 0.2) is 5.82 Å². The molecule has 2 N–H and O–H groups in total. The van der Waals surface area contributed by atoms with E-state index in [1.807, 2.05) is 0 Å². The van der Waals surface area contributed by atoms with Crippen LogP contribution in [0.1, 0.15) is 25.7 Å². The zero-order chi connectivity index (χ0) is 11.2. The van der Waals surface area contributed by atoms with Gasteiger partial charge in [-0.1, -0.05) is 12.8 Å². The summed E-state index contributed by atoms with van der Waals surface area (Å²) in [6.45, 7) is 1.25. The predicted molar refractivity (Wildman–Crippen MR) is 61.6 cm³/mol. The first-order valence-corrected chi connectivity index (χ1v) is 5.75. The number of H-pyrrole nitrogens is 1. The fraction of sp³-hybridized carbons (Fsp3) is 0.636. The fourth-order valence-corrected chi connectivity index (χ4v) is 1.93. The summed E-state index contributed by atoms with van der Waals surface area (Å²) in [6.07, 6.45) is 8.39. The van der Waals surface area contributed by atoms with E-state index >= 15 is 0 Å². The van der Waals surface area contributed by atoms with Gasteiger partial charge in [0.1, 0.15) is 0 Å². The Morgan fingerprint density at radius 3 is 3.06 bits per heavy atom. The van der Waals surface area contributed by atoms with Crippen molar-refractivity contribution in [3.05, 3.63) is 22.7 Å². The van der Waals surface area contributed by atoms with Crippen LogP contribution in [-0.4, -0.2) is 29.2 Å². The highest BCUT2D eigenvalue weighted by molar-refractivity contribution is 5.29. The third-order valence-electron chi connectivity index (χ3n) is 2.76. The van der Waals surface area contributed by atoms with Gasteiger partial charge >= 0.3 is 0 Å².